The van der Waals surface area contributed by atoms with Gasteiger partial charge in [-0.3, -0.25) is 0 Å². The van der Waals surface area contributed by atoms with Gasteiger partial charge in [-0.25, -0.2) is 4.79 Å². The summed E-state index contributed by atoms with van der Waals surface area (Å²) in [5, 5.41) is 0. The average molecular weight is 300 g/mol. The Hall–Kier alpha value is -0.980. The summed E-state index contributed by atoms with van der Waals surface area (Å²) in [7, 11) is 0. The summed E-state index contributed by atoms with van der Waals surface area (Å²) in [6.07, 6.45) is 1.96. The normalized spacial score (nSPS) is 41.2. The van der Waals surface area contributed by atoms with Crippen LogP contribution in [-0.4, -0.2) is 38.4 Å². The monoisotopic (exact) mass is 300 g/mol. The van der Waals surface area contributed by atoms with Gasteiger partial charge in [-0.2, -0.15) is 4.39 Å². The fourth-order valence-corrected chi connectivity index (χ4v) is 3.20. The Balaban J connectivity index is 1.84. The molecule has 4 aliphatic rings. The minimum atomic E-state index is -1.23. The van der Waals surface area contributed by atoms with E-state index in [0.29, 0.717) is 38.2 Å². The second kappa shape index (κ2) is 5.34. The van der Waals surface area contributed by atoms with Gasteiger partial charge in [0, 0.05) is 5.41 Å². The predicted molar refractivity (Wildman–Crippen MR) is 70.8 cm³/mol. The number of rotatable bonds is 3. The summed E-state index contributed by atoms with van der Waals surface area (Å²) in [6.45, 7) is 5.41. The van der Waals surface area contributed by atoms with E-state index in [2.05, 4.69) is 0 Å². The van der Waals surface area contributed by atoms with Crippen molar-refractivity contribution in [2.45, 2.75) is 39.1 Å². The Morgan fingerprint density at radius 2 is 1.95 bits per heavy atom. The lowest BCUT2D eigenvalue weighted by atomic mass is 9.88. The van der Waals surface area contributed by atoms with Crippen LogP contribution in [0.1, 0.15) is 33.1 Å². The fraction of sp³-hybridized carbons (Fsp3) is 0.800. The van der Waals surface area contributed by atoms with E-state index in [4.69, 9.17) is 18.9 Å². The van der Waals surface area contributed by atoms with E-state index >= 15 is 0 Å². The van der Waals surface area contributed by atoms with Gasteiger partial charge in [0.25, 0.3) is 5.97 Å². The molecule has 0 aromatic heterocycles. The van der Waals surface area contributed by atoms with Crippen molar-refractivity contribution < 1.29 is 28.1 Å². The summed E-state index contributed by atoms with van der Waals surface area (Å²) in [4.78, 5) is 11.6. The molecular formula is C15H21FO5. The molecule has 3 aliphatic heterocycles. The lowest BCUT2D eigenvalue weighted by Gasteiger charge is -2.52. The van der Waals surface area contributed by atoms with Crippen LogP contribution in [0, 0.1) is 11.3 Å². The molecule has 1 unspecified atom stereocenters. The average Bonchev–Trinajstić information content (AvgIpc) is 2.98. The molecular weight excluding hydrogens is 279 g/mol. The number of carbonyl (C=O) groups excluding carboxylic acids is 1. The highest BCUT2D eigenvalue weighted by Crippen LogP contribution is 2.50. The van der Waals surface area contributed by atoms with Crippen molar-refractivity contribution in [3.63, 3.8) is 0 Å². The molecule has 5 nitrogen and oxygen atoms in total. The molecule has 0 N–H and O–H groups in total. The smallest absolute Gasteiger partial charge is 0.367 e. The van der Waals surface area contributed by atoms with Gasteiger partial charge in [-0.1, -0.05) is 6.92 Å². The zero-order valence-electron chi connectivity index (χ0n) is 12.4. The van der Waals surface area contributed by atoms with Gasteiger partial charge in [0.05, 0.1) is 32.3 Å². The van der Waals surface area contributed by atoms with Crippen molar-refractivity contribution in [3.05, 3.63) is 11.4 Å². The first-order valence-electron chi connectivity index (χ1n) is 7.47. The molecule has 3 saturated heterocycles. The first kappa shape index (κ1) is 14.9. The summed E-state index contributed by atoms with van der Waals surface area (Å²) < 4.78 is 36.4. The SMILES string of the molecule is CCOC(=O)C(F)=C1CCCC1C12OCC(C)(CO1)CO2. The molecule has 2 bridgehead atoms. The summed E-state index contributed by atoms with van der Waals surface area (Å²) in [5.41, 5.74) is 0.267. The molecule has 0 radical (unpaired) electrons. The highest BCUT2D eigenvalue weighted by Gasteiger charge is 2.57. The number of fused-ring (bicyclic) bond motifs is 3. The predicted octanol–water partition coefficient (Wildman–Crippen LogP) is 2.31. The maximum Gasteiger partial charge on any atom is 0.367 e. The van der Waals surface area contributed by atoms with Crippen LogP contribution in [0.5, 0.6) is 0 Å². The maximum atomic E-state index is 14.3. The number of carbonyl (C=O) groups is 1. The second-order valence-corrected chi connectivity index (χ2v) is 6.28. The van der Waals surface area contributed by atoms with Gasteiger partial charge in [0.1, 0.15) is 0 Å². The highest BCUT2D eigenvalue weighted by molar-refractivity contribution is 5.87. The highest BCUT2D eigenvalue weighted by atomic mass is 19.1. The van der Waals surface area contributed by atoms with Gasteiger partial charge in [0.15, 0.2) is 0 Å². The zero-order chi connectivity index (χ0) is 15.1. The fourth-order valence-electron chi connectivity index (χ4n) is 3.20. The van der Waals surface area contributed by atoms with Crippen molar-refractivity contribution in [2.75, 3.05) is 26.4 Å². The number of esters is 1. The van der Waals surface area contributed by atoms with Crippen molar-refractivity contribution >= 4 is 5.97 Å². The first-order chi connectivity index (χ1) is 10.00. The Labute approximate surface area is 123 Å². The number of hydrogen-bond acceptors (Lipinski definition) is 5. The van der Waals surface area contributed by atoms with E-state index in [0.717, 1.165) is 6.42 Å². The van der Waals surface area contributed by atoms with Gasteiger partial charge in [0.2, 0.25) is 5.83 Å². The van der Waals surface area contributed by atoms with E-state index in [9.17, 15) is 9.18 Å². The standard InChI is InChI=1S/C15H21FO5/c1-3-18-13(17)12(16)10-5-4-6-11(10)15-19-7-14(2,8-20-15)9-21-15/h11H,3-9H2,1-2H3. The summed E-state index contributed by atoms with van der Waals surface area (Å²) in [5.74, 6) is -3.34. The molecule has 4 rings (SSSR count). The van der Waals surface area contributed by atoms with Gasteiger partial charge < -0.3 is 18.9 Å². The van der Waals surface area contributed by atoms with Crippen molar-refractivity contribution in [1.29, 1.82) is 0 Å². The second-order valence-electron chi connectivity index (χ2n) is 6.28. The molecule has 0 aromatic rings. The van der Waals surface area contributed by atoms with Crippen molar-refractivity contribution in [1.82, 2.24) is 0 Å². The maximum absolute atomic E-state index is 14.3. The quantitative estimate of drug-likeness (QED) is 0.591. The summed E-state index contributed by atoms with van der Waals surface area (Å²) >= 11 is 0. The van der Waals surface area contributed by atoms with E-state index in [1.54, 1.807) is 6.92 Å². The van der Waals surface area contributed by atoms with Crippen LogP contribution in [0.3, 0.4) is 0 Å². The Kier molecular flexibility index (Phi) is 3.80. The molecule has 4 fully saturated rings. The molecule has 21 heavy (non-hydrogen) atoms. The lowest BCUT2D eigenvalue weighted by molar-refractivity contribution is -0.479. The number of hydrogen-bond donors (Lipinski definition) is 0. The lowest BCUT2D eigenvalue weighted by Crippen LogP contribution is -2.62. The topological polar surface area (TPSA) is 54.0 Å². The van der Waals surface area contributed by atoms with Gasteiger partial charge in [-0.15, -0.1) is 0 Å². The van der Waals surface area contributed by atoms with E-state index in [1.807, 2.05) is 6.92 Å². The molecule has 1 atom stereocenters. The van der Waals surface area contributed by atoms with Crippen LogP contribution in [-0.2, 0) is 23.7 Å². The van der Waals surface area contributed by atoms with E-state index < -0.39 is 17.8 Å². The molecule has 0 amide bonds. The van der Waals surface area contributed by atoms with Crippen molar-refractivity contribution in [3.8, 4) is 0 Å². The van der Waals surface area contributed by atoms with Crippen LogP contribution in [0.25, 0.3) is 0 Å². The molecule has 1 aliphatic carbocycles. The third kappa shape index (κ3) is 2.49. The molecule has 1 saturated carbocycles. The third-order valence-electron chi connectivity index (χ3n) is 4.39. The largest absolute Gasteiger partial charge is 0.461 e. The molecule has 0 spiro atoms. The zero-order valence-corrected chi connectivity index (χ0v) is 12.4. The molecule has 6 heteroatoms. The van der Waals surface area contributed by atoms with Crippen LogP contribution in [0.15, 0.2) is 11.4 Å². The Morgan fingerprint density at radius 3 is 2.52 bits per heavy atom. The van der Waals surface area contributed by atoms with Crippen molar-refractivity contribution in [2.24, 2.45) is 11.3 Å². The van der Waals surface area contributed by atoms with Crippen LogP contribution in [0.2, 0.25) is 0 Å². The van der Waals surface area contributed by atoms with Gasteiger partial charge in [-0.05, 0) is 31.8 Å². The minimum Gasteiger partial charge on any atom is -0.461 e. The Bertz CT molecular complexity index is 448. The van der Waals surface area contributed by atoms with E-state index in [-0.39, 0.29) is 17.9 Å². The third-order valence-corrected chi connectivity index (χ3v) is 4.39. The molecule has 3 heterocycles. The van der Waals surface area contributed by atoms with Crippen LogP contribution in [0.4, 0.5) is 4.39 Å². The molecule has 0 aromatic carbocycles. The van der Waals surface area contributed by atoms with Crippen LogP contribution < -0.4 is 0 Å². The first-order valence-corrected chi connectivity index (χ1v) is 7.47. The number of ether oxygens (including phenoxy) is 4. The van der Waals surface area contributed by atoms with Gasteiger partial charge >= 0.3 is 5.97 Å². The van der Waals surface area contributed by atoms with Crippen LogP contribution >= 0.6 is 0 Å². The number of halogens is 1. The van der Waals surface area contributed by atoms with E-state index in [1.165, 1.54) is 0 Å². The Morgan fingerprint density at radius 1 is 1.33 bits per heavy atom. The minimum absolute atomic E-state index is 0.135. The molecule has 118 valence electrons. The summed E-state index contributed by atoms with van der Waals surface area (Å²) in [6, 6.07) is 0.